The van der Waals surface area contributed by atoms with Gasteiger partial charge < -0.3 is 9.88 Å². The lowest BCUT2D eigenvalue weighted by Gasteiger charge is -2.17. The molecule has 6 nitrogen and oxygen atoms in total. The summed E-state index contributed by atoms with van der Waals surface area (Å²) >= 11 is 0. The van der Waals surface area contributed by atoms with E-state index in [2.05, 4.69) is 9.97 Å². The Labute approximate surface area is 137 Å². The molecule has 2 N–H and O–H groups in total. The second-order valence-corrected chi connectivity index (χ2v) is 6.20. The largest absolute Gasteiger partial charge is 0.338 e. The van der Waals surface area contributed by atoms with Crippen LogP contribution in [0.1, 0.15) is 39.5 Å². The number of carbonyl (C=O) groups is 1. The van der Waals surface area contributed by atoms with Crippen LogP contribution in [0.5, 0.6) is 0 Å². The molecule has 0 saturated carbocycles. The van der Waals surface area contributed by atoms with Crippen molar-refractivity contribution in [1.29, 1.82) is 0 Å². The van der Waals surface area contributed by atoms with Crippen molar-refractivity contribution < 1.29 is 9.18 Å². The van der Waals surface area contributed by atoms with E-state index in [4.69, 9.17) is 0 Å². The van der Waals surface area contributed by atoms with Gasteiger partial charge in [-0.3, -0.25) is 14.6 Å². The fourth-order valence-electron chi connectivity index (χ4n) is 3.16. The van der Waals surface area contributed by atoms with Crippen LogP contribution in [0.4, 0.5) is 4.39 Å². The number of aryl methyl sites for hydroxylation is 2. The number of hydrogen-bond donors (Lipinski definition) is 2. The van der Waals surface area contributed by atoms with Crippen LogP contribution in [0.25, 0.3) is 0 Å². The highest BCUT2D eigenvalue weighted by Crippen LogP contribution is 2.26. The molecule has 1 aromatic carbocycles. The number of H-pyrrole nitrogens is 2. The molecule has 24 heavy (non-hydrogen) atoms. The van der Waals surface area contributed by atoms with Crippen LogP contribution in [0.2, 0.25) is 0 Å². The zero-order valence-corrected chi connectivity index (χ0v) is 13.5. The van der Waals surface area contributed by atoms with Crippen LogP contribution in [-0.2, 0) is 0 Å². The van der Waals surface area contributed by atoms with E-state index in [-0.39, 0.29) is 17.6 Å². The first-order valence-corrected chi connectivity index (χ1v) is 7.74. The van der Waals surface area contributed by atoms with Crippen molar-refractivity contribution in [1.82, 2.24) is 14.9 Å². The lowest BCUT2D eigenvalue weighted by molar-refractivity contribution is 0.0790. The number of nitrogens with one attached hydrogen (secondary N) is 2. The summed E-state index contributed by atoms with van der Waals surface area (Å²) in [6.07, 6.45) is 0.657. The summed E-state index contributed by atoms with van der Waals surface area (Å²) in [7, 11) is 0. The number of nitrogens with zero attached hydrogens (tertiary/aromatic N) is 1. The van der Waals surface area contributed by atoms with Crippen molar-refractivity contribution in [3.63, 3.8) is 0 Å². The molecule has 1 aliphatic heterocycles. The van der Waals surface area contributed by atoms with Crippen LogP contribution in [0, 0.1) is 19.7 Å². The van der Waals surface area contributed by atoms with E-state index in [1.807, 2.05) is 0 Å². The molecule has 0 unspecified atom stereocenters. The molecule has 7 heteroatoms. The summed E-state index contributed by atoms with van der Waals surface area (Å²) < 4.78 is 13.7. The predicted molar refractivity (Wildman–Crippen MR) is 86.8 cm³/mol. The van der Waals surface area contributed by atoms with Crippen molar-refractivity contribution in [2.45, 2.75) is 26.2 Å². The van der Waals surface area contributed by atoms with Gasteiger partial charge >= 0.3 is 5.69 Å². The molecule has 2 aromatic rings. The second-order valence-electron chi connectivity index (χ2n) is 6.20. The van der Waals surface area contributed by atoms with Crippen LogP contribution >= 0.6 is 0 Å². The van der Waals surface area contributed by atoms with E-state index in [1.165, 1.54) is 6.07 Å². The van der Waals surface area contributed by atoms with Crippen molar-refractivity contribution in [3.8, 4) is 0 Å². The van der Waals surface area contributed by atoms with Crippen LogP contribution < -0.4 is 11.2 Å². The van der Waals surface area contributed by atoms with E-state index < -0.39 is 11.2 Å². The molecule has 1 aromatic heterocycles. The zero-order chi connectivity index (χ0) is 17.4. The molecule has 0 aliphatic carbocycles. The molecular weight excluding hydrogens is 313 g/mol. The number of aromatic amines is 2. The van der Waals surface area contributed by atoms with Gasteiger partial charge in [0.05, 0.1) is 0 Å². The summed E-state index contributed by atoms with van der Waals surface area (Å²) in [6.45, 7) is 4.20. The third-order valence-corrected chi connectivity index (χ3v) is 4.38. The van der Waals surface area contributed by atoms with Crippen molar-refractivity contribution in [2.75, 3.05) is 13.1 Å². The summed E-state index contributed by atoms with van der Waals surface area (Å²) in [5.41, 5.74) is 0.855. The van der Waals surface area contributed by atoms with Gasteiger partial charge in [0.15, 0.2) is 0 Å². The number of amides is 1. The van der Waals surface area contributed by atoms with Gasteiger partial charge in [-0.15, -0.1) is 0 Å². The van der Waals surface area contributed by atoms with Gasteiger partial charge in [0.25, 0.3) is 11.5 Å². The average molecular weight is 331 g/mol. The second kappa shape index (κ2) is 6.07. The minimum Gasteiger partial charge on any atom is -0.338 e. The normalized spacial score (nSPS) is 17.3. The first-order valence-electron chi connectivity index (χ1n) is 7.74. The lowest BCUT2D eigenvalue weighted by atomic mass is 10.0. The van der Waals surface area contributed by atoms with Gasteiger partial charge in [0.2, 0.25) is 0 Å². The van der Waals surface area contributed by atoms with E-state index in [0.29, 0.717) is 41.9 Å². The van der Waals surface area contributed by atoms with Gasteiger partial charge in [-0.1, -0.05) is 0 Å². The maximum atomic E-state index is 13.7. The molecule has 0 spiro atoms. The molecule has 0 radical (unpaired) electrons. The van der Waals surface area contributed by atoms with Gasteiger partial charge in [-0.2, -0.15) is 0 Å². The van der Waals surface area contributed by atoms with E-state index >= 15 is 0 Å². The summed E-state index contributed by atoms with van der Waals surface area (Å²) in [4.78, 5) is 41.8. The molecule has 3 rings (SSSR count). The number of likely N-dealkylation sites (tertiary alicyclic amines) is 1. The number of aromatic nitrogens is 2. The molecule has 126 valence electrons. The lowest BCUT2D eigenvalue weighted by Crippen LogP contribution is -2.29. The Balaban J connectivity index is 1.81. The molecule has 2 heterocycles. The summed E-state index contributed by atoms with van der Waals surface area (Å²) in [6, 6.07) is 4.45. The Morgan fingerprint density at radius 1 is 1.17 bits per heavy atom. The Morgan fingerprint density at radius 3 is 2.46 bits per heavy atom. The van der Waals surface area contributed by atoms with Gasteiger partial charge in [-0.25, -0.2) is 9.18 Å². The van der Waals surface area contributed by atoms with Crippen molar-refractivity contribution in [2.24, 2.45) is 0 Å². The van der Waals surface area contributed by atoms with E-state index in [9.17, 15) is 18.8 Å². The molecule has 1 amide bonds. The third kappa shape index (κ3) is 3.02. The van der Waals surface area contributed by atoms with Crippen molar-refractivity contribution >= 4 is 5.91 Å². The number of carbonyl (C=O) groups excluding carboxylic acids is 1. The van der Waals surface area contributed by atoms with Crippen molar-refractivity contribution in [3.05, 3.63) is 67.2 Å². The maximum absolute atomic E-state index is 13.7. The van der Waals surface area contributed by atoms with Gasteiger partial charge in [0, 0.05) is 36.3 Å². The number of benzene rings is 1. The fourth-order valence-corrected chi connectivity index (χ4v) is 3.16. The Kier molecular flexibility index (Phi) is 4.09. The minimum atomic E-state index is -0.549. The molecule has 0 bridgehead atoms. The fraction of sp³-hybridized carbons (Fsp3) is 0.353. The SMILES string of the molecule is Cc1cc(C(=O)N2CC[C@@H](c3cc(=O)[nH]c(=O)[nH]3)C2)cc(C)c1F. The summed E-state index contributed by atoms with van der Waals surface area (Å²) in [5, 5.41) is 0. The number of rotatable bonds is 2. The molecule has 1 aliphatic rings. The van der Waals surface area contributed by atoms with Gasteiger partial charge in [-0.05, 0) is 43.5 Å². The highest BCUT2D eigenvalue weighted by atomic mass is 19.1. The standard InChI is InChI=1S/C17H18FN3O3/c1-9-5-12(6-10(2)15(9)18)16(23)21-4-3-11(8-21)13-7-14(22)20-17(24)19-13/h5-7,11H,3-4,8H2,1-2H3,(H2,19,20,22,24)/t11-/m1/s1. The predicted octanol–water partition coefficient (Wildman–Crippen LogP) is 1.45. The third-order valence-electron chi connectivity index (χ3n) is 4.38. The van der Waals surface area contributed by atoms with Crippen LogP contribution in [0.3, 0.4) is 0 Å². The molecule has 1 saturated heterocycles. The smallest absolute Gasteiger partial charge is 0.325 e. The summed E-state index contributed by atoms with van der Waals surface area (Å²) in [5.74, 6) is -0.561. The Morgan fingerprint density at radius 2 is 1.83 bits per heavy atom. The average Bonchev–Trinajstić information content (AvgIpc) is 3.00. The Hall–Kier alpha value is -2.70. The van der Waals surface area contributed by atoms with E-state index in [0.717, 1.165) is 0 Å². The minimum absolute atomic E-state index is 0.0911. The highest BCUT2D eigenvalue weighted by molar-refractivity contribution is 5.94. The van der Waals surface area contributed by atoms with Crippen LogP contribution in [-0.4, -0.2) is 33.9 Å². The Bertz CT molecular complexity index is 865. The highest BCUT2D eigenvalue weighted by Gasteiger charge is 2.29. The quantitative estimate of drug-likeness (QED) is 0.873. The molecular formula is C17H18FN3O3. The monoisotopic (exact) mass is 331 g/mol. The zero-order valence-electron chi connectivity index (χ0n) is 13.5. The van der Waals surface area contributed by atoms with Crippen LogP contribution in [0.15, 0.2) is 27.8 Å². The number of hydrogen-bond acceptors (Lipinski definition) is 3. The first kappa shape index (κ1) is 16.2. The van der Waals surface area contributed by atoms with Gasteiger partial charge in [0.1, 0.15) is 5.82 Å². The first-order chi connectivity index (χ1) is 11.3. The van der Waals surface area contributed by atoms with E-state index in [1.54, 1.807) is 30.9 Å². The maximum Gasteiger partial charge on any atom is 0.325 e. The topological polar surface area (TPSA) is 86.0 Å². The molecule has 1 atom stereocenters. The molecule has 1 fully saturated rings. The number of halogens is 1.